The maximum Gasteiger partial charge on any atom is 0.228 e. The van der Waals surface area contributed by atoms with Crippen LogP contribution in [0.4, 0.5) is 5.82 Å². The molecule has 29 heavy (non-hydrogen) atoms. The van der Waals surface area contributed by atoms with E-state index in [1.54, 1.807) is 6.20 Å². The molecule has 4 aliphatic rings. The summed E-state index contributed by atoms with van der Waals surface area (Å²) in [6, 6.07) is 6.36. The summed E-state index contributed by atoms with van der Waals surface area (Å²) in [5, 5.41) is 0. The third kappa shape index (κ3) is 3.59. The Kier molecular flexibility index (Phi) is 5.13. The van der Waals surface area contributed by atoms with Crippen LogP contribution in [0.15, 0.2) is 24.4 Å². The number of amides is 2. The fraction of sp³-hybridized carbons (Fsp3) is 0.667. The molecular weight excluding hydrogens is 368 g/mol. The third-order valence-electron chi connectivity index (χ3n) is 7.05. The molecule has 1 aliphatic carbocycles. The lowest BCUT2D eigenvalue weighted by atomic mass is 9.84. The Hall–Kier alpha value is -2.19. The zero-order valence-electron chi connectivity index (χ0n) is 16.8. The fourth-order valence-corrected chi connectivity index (χ4v) is 5.45. The molecule has 1 saturated carbocycles. The zero-order valence-corrected chi connectivity index (χ0v) is 16.8. The molecule has 0 spiro atoms. The molecule has 1 aromatic rings. The Morgan fingerprint density at radius 1 is 1.07 bits per heavy atom. The fourth-order valence-electron chi connectivity index (χ4n) is 5.45. The van der Waals surface area contributed by atoms with Gasteiger partial charge in [0.15, 0.2) is 0 Å². The van der Waals surface area contributed by atoms with Crippen molar-refractivity contribution < 1.29 is 9.59 Å². The number of carbonyl (C=O) groups is 2. The first-order valence-electron chi connectivity index (χ1n) is 11.0. The molecular formula is C21H30N6O2. The number of hydrazine groups is 1. The predicted molar refractivity (Wildman–Crippen MR) is 109 cm³/mol. The van der Waals surface area contributed by atoms with Gasteiger partial charge in [-0.25, -0.2) is 10.4 Å². The largest absolute Gasteiger partial charge is 0.353 e. The van der Waals surface area contributed by atoms with Gasteiger partial charge in [0, 0.05) is 57.3 Å². The van der Waals surface area contributed by atoms with E-state index in [0.29, 0.717) is 38.0 Å². The maximum absolute atomic E-state index is 13.1. The van der Waals surface area contributed by atoms with Crippen LogP contribution in [0.5, 0.6) is 0 Å². The molecule has 5 rings (SSSR count). The summed E-state index contributed by atoms with van der Waals surface area (Å²) in [6.45, 7) is 3.48. The van der Waals surface area contributed by atoms with Crippen molar-refractivity contribution in [3.05, 3.63) is 24.4 Å². The molecule has 1 aromatic heterocycles. The number of fused-ring (bicyclic) bond motifs is 1. The third-order valence-corrected chi connectivity index (χ3v) is 7.05. The van der Waals surface area contributed by atoms with Crippen LogP contribution in [0.3, 0.4) is 0 Å². The van der Waals surface area contributed by atoms with E-state index in [2.05, 4.69) is 20.7 Å². The lowest BCUT2D eigenvalue weighted by molar-refractivity contribution is -0.136. The SMILES string of the molecule is O=C(C1CC(=O)N(C2NNC3CCCCC32)C1)N1CCN(c2ccccn2)CC1. The average molecular weight is 399 g/mol. The molecule has 156 valence electrons. The van der Waals surface area contributed by atoms with Crippen LogP contribution < -0.4 is 15.8 Å². The summed E-state index contributed by atoms with van der Waals surface area (Å²) >= 11 is 0. The monoisotopic (exact) mass is 398 g/mol. The van der Waals surface area contributed by atoms with Gasteiger partial charge in [-0.1, -0.05) is 18.9 Å². The van der Waals surface area contributed by atoms with E-state index in [9.17, 15) is 9.59 Å². The number of pyridine rings is 1. The van der Waals surface area contributed by atoms with E-state index in [1.165, 1.54) is 19.3 Å². The summed E-state index contributed by atoms with van der Waals surface area (Å²) in [4.78, 5) is 36.3. The molecule has 3 saturated heterocycles. The predicted octanol–water partition coefficient (Wildman–Crippen LogP) is 0.571. The van der Waals surface area contributed by atoms with Gasteiger partial charge >= 0.3 is 0 Å². The number of likely N-dealkylation sites (tertiary alicyclic amines) is 1. The smallest absolute Gasteiger partial charge is 0.228 e. The van der Waals surface area contributed by atoms with Crippen LogP contribution in [-0.2, 0) is 9.59 Å². The lowest BCUT2D eigenvalue weighted by Gasteiger charge is -2.36. The molecule has 0 bridgehead atoms. The van der Waals surface area contributed by atoms with E-state index in [-0.39, 0.29) is 23.9 Å². The van der Waals surface area contributed by atoms with Gasteiger partial charge in [0.2, 0.25) is 11.8 Å². The Morgan fingerprint density at radius 3 is 2.69 bits per heavy atom. The van der Waals surface area contributed by atoms with Gasteiger partial charge in [-0.3, -0.25) is 15.0 Å². The topological polar surface area (TPSA) is 80.8 Å². The van der Waals surface area contributed by atoms with Crippen molar-refractivity contribution in [1.82, 2.24) is 25.6 Å². The van der Waals surface area contributed by atoms with Gasteiger partial charge in [-0.05, 0) is 25.0 Å². The highest BCUT2D eigenvalue weighted by atomic mass is 16.2. The van der Waals surface area contributed by atoms with Crippen LogP contribution in [0, 0.1) is 11.8 Å². The van der Waals surface area contributed by atoms with Crippen LogP contribution >= 0.6 is 0 Å². The molecule has 4 unspecified atom stereocenters. The molecule has 0 aromatic carbocycles. The second-order valence-electron chi connectivity index (χ2n) is 8.74. The van der Waals surface area contributed by atoms with Gasteiger partial charge < -0.3 is 14.7 Å². The summed E-state index contributed by atoms with van der Waals surface area (Å²) in [5.74, 6) is 1.45. The molecule has 0 radical (unpaired) electrons. The van der Waals surface area contributed by atoms with E-state index in [4.69, 9.17) is 0 Å². The Bertz CT molecular complexity index is 751. The van der Waals surface area contributed by atoms with Gasteiger partial charge in [0.05, 0.1) is 12.1 Å². The minimum Gasteiger partial charge on any atom is -0.353 e. The van der Waals surface area contributed by atoms with Crippen LogP contribution in [0.2, 0.25) is 0 Å². The van der Waals surface area contributed by atoms with Crippen molar-refractivity contribution >= 4 is 17.6 Å². The quantitative estimate of drug-likeness (QED) is 0.775. The molecule has 2 amide bonds. The second-order valence-corrected chi connectivity index (χ2v) is 8.74. The molecule has 4 atom stereocenters. The first kappa shape index (κ1) is 18.8. The molecule has 2 N–H and O–H groups in total. The highest BCUT2D eigenvalue weighted by Crippen LogP contribution is 2.34. The number of hydrogen-bond acceptors (Lipinski definition) is 6. The van der Waals surface area contributed by atoms with Crippen molar-refractivity contribution in [2.24, 2.45) is 11.8 Å². The minimum atomic E-state index is -0.214. The molecule has 4 heterocycles. The normalized spacial score (nSPS) is 32.6. The summed E-state index contributed by atoms with van der Waals surface area (Å²) in [5.41, 5.74) is 6.73. The summed E-state index contributed by atoms with van der Waals surface area (Å²) in [7, 11) is 0. The molecule has 4 fully saturated rings. The van der Waals surface area contributed by atoms with Crippen molar-refractivity contribution in [1.29, 1.82) is 0 Å². The van der Waals surface area contributed by atoms with Gasteiger partial charge in [-0.15, -0.1) is 0 Å². The first-order chi connectivity index (χ1) is 14.2. The Balaban J connectivity index is 1.18. The number of nitrogens with one attached hydrogen (secondary N) is 2. The van der Waals surface area contributed by atoms with Crippen LogP contribution in [-0.4, -0.2) is 71.5 Å². The van der Waals surface area contributed by atoms with Crippen molar-refractivity contribution in [3.8, 4) is 0 Å². The van der Waals surface area contributed by atoms with E-state index < -0.39 is 0 Å². The van der Waals surface area contributed by atoms with E-state index in [0.717, 1.165) is 25.3 Å². The Morgan fingerprint density at radius 2 is 1.90 bits per heavy atom. The van der Waals surface area contributed by atoms with Crippen LogP contribution in [0.25, 0.3) is 0 Å². The first-order valence-corrected chi connectivity index (χ1v) is 11.0. The van der Waals surface area contributed by atoms with Crippen molar-refractivity contribution in [2.45, 2.75) is 44.3 Å². The molecule has 8 nitrogen and oxygen atoms in total. The minimum absolute atomic E-state index is 0.0339. The summed E-state index contributed by atoms with van der Waals surface area (Å²) in [6.07, 6.45) is 6.97. The highest BCUT2D eigenvalue weighted by molar-refractivity contribution is 5.89. The molecule has 3 aliphatic heterocycles. The number of anilines is 1. The van der Waals surface area contributed by atoms with Crippen molar-refractivity contribution in [2.75, 3.05) is 37.6 Å². The number of piperazine rings is 1. The number of carbonyl (C=O) groups excluding carboxylic acids is 2. The number of rotatable bonds is 3. The lowest BCUT2D eigenvalue weighted by Crippen LogP contribution is -2.51. The van der Waals surface area contributed by atoms with Gasteiger partial charge in [-0.2, -0.15) is 0 Å². The Labute approximate surface area is 171 Å². The van der Waals surface area contributed by atoms with Crippen LogP contribution in [0.1, 0.15) is 32.1 Å². The molecule has 8 heteroatoms. The highest BCUT2D eigenvalue weighted by Gasteiger charge is 2.46. The van der Waals surface area contributed by atoms with E-state index >= 15 is 0 Å². The van der Waals surface area contributed by atoms with Crippen molar-refractivity contribution in [3.63, 3.8) is 0 Å². The van der Waals surface area contributed by atoms with E-state index in [1.807, 2.05) is 28.0 Å². The maximum atomic E-state index is 13.1. The number of nitrogens with zero attached hydrogens (tertiary/aromatic N) is 4. The second kappa shape index (κ2) is 7.91. The van der Waals surface area contributed by atoms with Gasteiger partial charge in [0.25, 0.3) is 0 Å². The zero-order chi connectivity index (χ0) is 19.8. The number of hydrogen-bond donors (Lipinski definition) is 2. The standard InChI is InChI=1S/C21H30N6O2/c28-19-13-15(14-27(19)20-16-5-1-2-6-17(16)23-24-20)21(29)26-11-9-25(10-12-26)18-7-3-4-8-22-18/h3-4,7-8,15-17,20,23-24H,1-2,5-6,9-14H2. The number of aromatic nitrogens is 1. The summed E-state index contributed by atoms with van der Waals surface area (Å²) < 4.78 is 0. The van der Waals surface area contributed by atoms with Gasteiger partial charge in [0.1, 0.15) is 5.82 Å². The average Bonchev–Trinajstić information content (AvgIpc) is 3.37.